The monoisotopic (exact) mass is 206 g/mol. The zero-order chi connectivity index (χ0) is 11.1. The Labute approximate surface area is 90.3 Å². The normalized spacial score (nSPS) is 49.7. The first kappa shape index (κ1) is 9.49. The minimum Gasteiger partial charge on any atom is -0.505 e. The summed E-state index contributed by atoms with van der Waals surface area (Å²) in [6.07, 6.45) is 3.74. The maximum atomic E-state index is 12.3. The summed E-state index contributed by atoms with van der Waals surface area (Å²) < 4.78 is 1.43. The quantitative estimate of drug-likeness (QED) is 0.639. The average molecular weight is 206 g/mol. The fraction of sp³-hybridized carbons (Fsp3) is 0.917. The molecule has 2 saturated carbocycles. The first-order chi connectivity index (χ1) is 6.96. The van der Waals surface area contributed by atoms with E-state index in [0.29, 0.717) is 11.7 Å². The Balaban J connectivity index is 2.17. The van der Waals surface area contributed by atoms with Gasteiger partial charge in [0.2, 0.25) is 11.1 Å². The zero-order valence-corrected chi connectivity index (χ0v) is 9.71. The molecule has 2 aliphatic heterocycles. The largest absolute Gasteiger partial charge is 0.505 e. The van der Waals surface area contributed by atoms with Gasteiger partial charge in [-0.3, -0.25) is 9.49 Å². The van der Waals surface area contributed by atoms with E-state index >= 15 is 0 Å². The van der Waals surface area contributed by atoms with Gasteiger partial charge in [0.1, 0.15) is 0 Å². The van der Waals surface area contributed by atoms with Gasteiger partial charge in [-0.15, -0.1) is 0 Å². The van der Waals surface area contributed by atoms with Crippen LogP contribution in [0.3, 0.4) is 0 Å². The number of carbonyl (C=O) groups excluding carboxylic acids is 1. The molecule has 4 aliphatic rings. The van der Waals surface area contributed by atoms with Crippen molar-refractivity contribution in [1.82, 2.24) is 0 Å². The van der Waals surface area contributed by atoms with Crippen LogP contribution in [0.1, 0.15) is 46.5 Å². The fourth-order valence-electron chi connectivity index (χ4n) is 4.86. The third-order valence-electron chi connectivity index (χ3n) is 5.45. The molecule has 0 aromatic heterocycles. The smallest absolute Gasteiger partial charge is 0.272 e. The van der Waals surface area contributed by atoms with Crippen molar-refractivity contribution in [2.45, 2.75) is 57.5 Å². The summed E-state index contributed by atoms with van der Waals surface area (Å²) in [4.78, 5) is 12.3. The number of ketones is 1. The van der Waals surface area contributed by atoms with E-state index in [1.54, 1.807) is 0 Å². The van der Waals surface area contributed by atoms with Gasteiger partial charge in [0.25, 0.3) is 5.78 Å². The second-order valence-electron chi connectivity index (χ2n) is 5.99. The van der Waals surface area contributed by atoms with Crippen LogP contribution in [0.4, 0.5) is 0 Å². The number of rotatable bonds is 2. The van der Waals surface area contributed by atoms with Crippen LogP contribution < -0.4 is 0 Å². The van der Waals surface area contributed by atoms with E-state index in [1.807, 2.05) is 0 Å². The molecule has 2 saturated heterocycles. The van der Waals surface area contributed by atoms with Crippen LogP contribution in [0.2, 0.25) is 0 Å². The first-order valence-corrected chi connectivity index (χ1v) is 6.00. The van der Waals surface area contributed by atoms with E-state index in [-0.39, 0.29) is 5.41 Å². The Morgan fingerprint density at radius 2 is 2.20 bits per heavy atom. The van der Waals surface area contributed by atoms with Crippen molar-refractivity contribution >= 4 is 5.78 Å². The van der Waals surface area contributed by atoms with Crippen LogP contribution in [0.5, 0.6) is 0 Å². The van der Waals surface area contributed by atoms with E-state index < -0.39 is 11.1 Å². The van der Waals surface area contributed by atoms with Gasteiger partial charge in [-0.1, -0.05) is 20.8 Å². The summed E-state index contributed by atoms with van der Waals surface area (Å²) in [5.74, 6) is 0.683. The number of piperidine rings is 1. The molecule has 4 rings (SSSR count). The summed E-state index contributed by atoms with van der Waals surface area (Å²) in [6, 6.07) is 0. The molecule has 0 aromatic carbocycles. The van der Waals surface area contributed by atoms with Crippen LogP contribution in [-0.2, 0) is 4.79 Å². The lowest BCUT2D eigenvalue weighted by Crippen LogP contribution is -2.74. The lowest BCUT2D eigenvalue weighted by atomic mass is 9.66. The van der Waals surface area contributed by atoms with E-state index in [9.17, 15) is 10.3 Å². The van der Waals surface area contributed by atoms with Crippen molar-refractivity contribution in [3.05, 3.63) is 5.53 Å². The molecule has 0 aromatic rings. The fourth-order valence-corrected chi connectivity index (χ4v) is 4.86. The van der Waals surface area contributed by atoms with Crippen molar-refractivity contribution in [1.29, 1.82) is 0 Å². The highest BCUT2D eigenvalue weighted by atomic mass is 16.2. The summed E-state index contributed by atoms with van der Waals surface area (Å²) in [5, 5.41) is 0. The second-order valence-corrected chi connectivity index (χ2v) is 5.99. The molecular formula is C12H18N2O. The SMILES string of the molecule is CCCC12C(=O)C3(CCC1C3(C)C)[N+]2=[N-]. The van der Waals surface area contributed by atoms with Gasteiger partial charge in [-0.05, 0) is 12.8 Å². The molecule has 2 aliphatic carbocycles. The van der Waals surface area contributed by atoms with Gasteiger partial charge in [0.15, 0.2) is 0 Å². The lowest BCUT2D eigenvalue weighted by molar-refractivity contribution is -0.702. The summed E-state index contributed by atoms with van der Waals surface area (Å²) in [7, 11) is 0. The molecule has 3 atom stereocenters. The number of hydrogen-bond acceptors (Lipinski definition) is 1. The molecule has 3 unspecified atom stereocenters. The van der Waals surface area contributed by atoms with Gasteiger partial charge in [0.05, 0.1) is 0 Å². The van der Waals surface area contributed by atoms with E-state index in [0.717, 1.165) is 25.7 Å². The highest BCUT2D eigenvalue weighted by Gasteiger charge is 2.93. The van der Waals surface area contributed by atoms with E-state index in [2.05, 4.69) is 20.8 Å². The minimum absolute atomic E-state index is 0.0337. The van der Waals surface area contributed by atoms with Gasteiger partial charge >= 0.3 is 0 Å². The molecule has 15 heavy (non-hydrogen) atoms. The molecule has 3 nitrogen and oxygen atoms in total. The van der Waals surface area contributed by atoms with Crippen molar-refractivity contribution in [2.75, 3.05) is 0 Å². The molecule has 1 spiro atoms. The topological polar surface area (TPSA) is 42.4 Å². The number of nitrogens with zero attached hydrogens (tertiary/aromatic N) is 2. The molecule has 2 heterocycles. The summed E-state index contributed by atoms with van der Waals surface area (Å²) >= 11 is 0. The predicted octanol–water partition coefficient (Wildman–Crippen LogP) is 2.33. The molecule has 0 amide bonds. The van der Waals surface area contributed by atoms with E-state index in [1.165, 1.54) is 4.70 Å². The van der Waals surface area contributed by atoms with Crippen molar-refractivity contribution < 1.29 is 9.49 Å². The Morgan fingerprint density at radius 3 is 2.60 bits per heavy atom. The Morgan fingerprint density at radius 1 is 1.53 bits per heavy atom. The molecule has 3 heteroatoms. The second kappa shape index (κ2) is 2.18. The summed E-state index contributed by atoms with van der Waals surface area (Å²) in [6.45, 7) is 6.38. The van der Waals surface area contributed by atoms with Crippen molar-refractivity contribution in [3.8, 4) is 0 Å². The number of hydrogen-bond donors (Lipinski definition) is 0. The van der Waals surface area contributed by atoms with Crippen molar-refractivity contribution in [3.63, 3.8) is 0 Å². The maximum absolute atomic E-state index is 12.3. The van der Waals surface area contributed by atoms with Crippen LogP contribution in [-0.4, -0.2) is 21.6 Å². The van der Waals surface area contributed by atoms with Crippen LogP contribution in [0.15, 0.2) is 0 Å². The van der Waals surface area contributed by atoms with Gasteiger partial charge < -0.3 is 5.53 Å². The Bertz CT molecular complexity index is 367. The van der Waals surface area contributed by atoms with Gasteiger partial charge in [-0.25, -0.2) is 0 Å². The van der Waals surface area contributed by atoms with Gasteiger partial charge in [-0.2, -0.15) is 0 Å². The highest BCUT2D eigenvalue weighted by Crippen LogP contribution is 2.74. The number of carbonyl (C=O) groups is 1. The third-order valence-corrected chi connectivity index (χ3v) is 5.45. The zero-order valence-electron chi connectivity index (χ0n) is 9.71. The molecule has 0 N–H and O–H groups in total. The lowest BCUT2D eigenvalue weighted by Gasteiger charge is -2.49. The minimum atomic E-state index is -0.521. The Hall–Kier alpha value is -0.730. The average Bonchev–Trinajstić information content (AvgIpc) is 2.59. The number of Topliss-reactive ketones (excluding diaryl/α,β-unsaturated/α-hetero) is 1. The Kier molecular flexibility index (Phi) is 1.38. The maximum Gasteiger partial charge on any atom is 0.272 e. The summed E-state index contributed by atoms with van der Waals surface area (Å²) in [5.41, 5.74) is 9.17. The third kappa shape index (κ3) is 0.572. The molecule has 3 bridgehead atoms. The van der Waals surface area contributed by atoms with Crippen molar-refractivity contribution in [2.24, 2.45) is 11.3 Å². The molecule has 82 valence electrons. The van der Waals surface area contributed by atoms with Crippen LogP contribution in [0.25, 0.3) is 5.53 Å². The molecule has 4 fully saturated rings. The predicted molar refractivity (Wildman–Crippen MR) is 55.5 cm³/mol. The standard InChI is InChI=1S/C12H18N2O/c1-4-6-11-8-5-7-12(9(11)15,14(11)13)10(8,2)3/h8H,4-7H2,1-3H3. The van der Waals surface area contributed by atoms with Gasteiger partial charge in [0, 0.05) is 24.2 Å². The highest BCUT2D eigenvalue weighted by molar-refractivity contribution is 6.03. The van der Waals surface area contributed by atoms with Crippen LogP contribution >= 0.6 is 0 Å². The molecular weight excluding hydrogens is 188 g/mol. The van der Waals surface area contributed by atoms with Crippen LogP contribution in [0, 0.1) is 11.3 Å². The van der Waals surface area contributed by atoms with E-state index in [4.69, 9.17) is 0 Å². The first-order valence-electron chi connectivity index (χ1n) is 6.00. The molecule has 0 radical (unpaired) electrons.